The molecule has 3 heteroatoms. The van der Waals surface area contributed by atoms with Crippen molar-refractivity contribution in [2.75, 3.05) is 0 Å². The van der Waals surface area contributed by atoms with Crippen molar-refractivity contribution in [3.63, 3.8) is 0 Å². The Morgan fingerprint density at radius 3 is 2.67 bits per heavy atom. The van der Waals surface area contributed by atoms with Crippen LogP contribution in [0, 0.1) is 5.41 Å². The van der Waals surface area contributed by atoms with E-state index in [1.165, 1.54) is 12.8 Å². The highest BCUT2D eigenvalue weighted by atomic mass is 16.1. The van der Waals surface area contributed by atoms with Crippen molar-refractivity contribution in [3.05, 3.63) is 27.9 Å². The molecule has 15 heavy (non-hydrogen) atoms. The van der Waals surface area contributed by atoms with E-state index in [-0.39, 0.29) is 5.56 Å². The van der Waals surface area contributed by atoms with Crippen molar-refractivity contribution < 1.29 is 0 Å². The Labute approximate surface area is 88.9 Å². The van der Waals surface area contributed by atoms with Gasteiger partial charge in [-0.15, -0.1) is 0 Å². The number of nitrogens with zero attached hydrogens (tertiary/aromatic N) is 1. The topological polar surface area (TPSA) is 45.8 Å². The molecule has 3 nitrogen and oxygen atoms in total. The molecule has 0 bridgehead atoms. The number of H-pyrrole nitrogens is 1. The Balaban J connectivity index is 1.98. The average Bonchev–Trinajstić information content (AvgIpc) is 2.99. The van der Waals surface area contributed by atoms with Crippen molar-refractivity contribution in [1.82, 2.24) is 9.97 Å². The predicted octanol–water partition coefficient (Wildman–Crippen LogP) is 2.16. The van der Waals surface area contributed by atoms with E-state index in [0.29, 0.717) is 17.3 Å². The Morgan fingerprint density at radius 1 is 1.47 bits per heavy atom. The van der Waals surface area contributed by atoms with Crippen LogP contribution in [0.2, 0.25) is 0 Å². The molecule has 80 valence electrons. The van der Waals surface area contributed by atoms with Gasteiger partial charge in [0.25, 0.3) is 5.56 Å². The Hall–Kier alpha value is -1.12. The number of rotatable bonds is 2. The first-order chi connectivity index (χ1) is 7.06. The van der Waals surface area contributed by atoms with Crippen molar-refractivity contribution in [2.24, 2.45) is 5.41 Å². The third-order valence-corrected chi connectivity index (χ3v) is 3.62. The minimum atomic E-state index is 0.0181. The number of hydrogen-bond acceptors (Lipinski definition) is 2. The minimum absolute atomic E-state index is 0.0181. The summed E-state index contributed by atoms with van der Waals surface area (Å²) in [6.45, 7) is 4.45. The van der Waals surface area contributed by atoms with Crippen LogP contribution < -0.4 is 5.56 Å². The quantitative estimate of drug-likeness (QED) is 0.802. The number of nitrogens with one attached hydrogen (secondary N) is 1. The van der Waals surface area contributed by atoms with Gasteiger partial charge in [0.05, 0.1) is 5.69 Å². The van der Waals surface area contributed by atoms with Gasteiger partial charge in [0.1, 0.15) is 5.82 Å². The zero-order valence-corrected chi connectivity index (χ0v) is 9.21. The molecule has 1 atom stereocenters. The molecule has 0 spiro atoms. The normalized spacial score (nSPS) is 27.7. The fourth-order valence-electron chi connectivity index (χ4n) is 2.18. The lowest BCUT2D eigenvalue weighted by Gasteiger charge is -2.04. The van der Waals surface area contributed by atoms with Gasteiger partial charge in [0.2, 0.25) is 0 Å². The third kappa shape index (κ3) is 1.60. The summed E-state index contributed by atoms with van der Waals surface area (Å²) in [7, 11) is 0. The first-order valence-corrected chi connectivity index (χ1v) is 5.67. The van der Waals surface area contributed by atoms with Gasteiger partial charge in [-0.1, -0.05) is 13.8 Å². The fourth-order valence-corrected chi connectivity index (χ4v) is 2.18. The highest BCUT2D eigenvalue weighted by Crippen LogP contribution is 2.57. The Morgan fingerprint density at radius 2 is 2.13 bits per heavy atom. The molecular weight excluding hydrogens is 188 g/mol. The maximum Gasteiger partial charge on any atom is 0.251 e. The summed E-state index contributed by atoms with van der Waals surface area (Å²) in [5.74, 6) is 1.94. The highest BCUT2D eigenvalue weighted by Gasteiger charge is 2.48. The molecule has 2 saturated carbocycles. The van der Waals surface area contributed by atoms with E-state index in [2.05, 4.69) is 23.8 Å². The molecule has 0 aromatic carbocycles. The summed E-state index contributed by atoms with van der Waals surface area (Å²) in [4.78, 5) is 19.0. The van der Waals surface area contributed by atoms with E-state index in [1.54, 1.807) is 6.07 Å². The van der Waals surface area contributed by atoms with Crippen molar-refractivity contribution in [2.45, 2.75) is 44.9 Å². The minimum Gasteiger partial charge on any atom is -0.310 e. The maximum atomic E-state index is 11.5. The largest absolute Gasteiger partial charge is 0.310 e. The molecule has 1 aromatic rings. The van der Waals surface area contributed by atoms with Gasteiger partial charge >= 0.3 is 0 Å². The molecule has 1 N–H and O–H groups in total. The van der Waals surface area contributed by atoms with Crippen LogP contribution >= 0.6 is 0 Å². The smallest absolute Gasteiger partial charge is 0.251 e. The zero-order valence-electron chi connectivity index (χ0n) is 9.21. The van der Waals surface area contributed by atoms with Crippen LogP contribution in [0.3, 0.4) is 0 Å². The molecule has 1 aromatic heterocycles. The van der Waals surface area contributed by atoms with E-state index in [1.807, 2.05) is 0 Å². The van der Waals surface area contributed by atoms with Gasteiger partial charge in [-0.05, 0) is 24.7 Å². The van der Waals surface area contributed by atoms with Crippen molar-refractivity contribution in [3.8, 4) is 0 Å². The van der Waals surface area contributed by atoms with Gasteiger partial charge < -0.3 is 4.98 Å². The van der Waals surface area contributed by atoms with Crippen molar-refractivity contribution >= 4 is 0 Å². The predicted molar refractivity (Wildman–Crippen MR) is 58.0 cm³/mol. The second-order valence-corrected chi connectivity index (χ2v) is 5.58. The lowest BCUT2D eigenvalue weighted by molar-refractivity contribution is 0.605. The van der Waals surface area contributed by atoms with Crippen LogP contribution in [-0.4, -0.2) is 9.97 Å². The van der Waals surface area contributed by atoms with Gasteiger partial charge in [0, 0.05) is 17.9 Å². The van der Waals surface area contributed by atoms with Gasteiger partial charge in [-0.2, -0.15) is 0 Å². The van der Waals surface area contributed by atoms with Crippen LogP contribution in [-0.2, 0) is 0 Å². The van der Waals surface area contributed by atoms with Gasteiger partial charge in [-0.25, -0.2) is 4.98 Å². The standard InChI is InChI=1S/C12H16N2O/c1-12(2)6-8(12)11-13-9(7-3-4-7)5-10(15)14-11/h5,7-8H,3-4,6H2,1-2H3,(H,13,14,15). The fraction of sp³-hybridized carbons (Fsp3) is 0.667. The summed E-state index contributed by atoms with van der Waals surface area (Å²) in [5.41, 5.74) is 1.36. The summed E-state index contributed by atoms with van der Waals surface area (Å²) in [6, 6.07) is 1.66. The molecule has 1 heterocycles. The van der Waals surface area contributed by atoms with Gasteiger partial charge in [0.15, 0.2) is 0 Å². The van der Waals surface area contributed by atoms with Gasteiger partial charge in [-0.3, -0.25) is 4.79 Å². The molecule has 3 rings (SSSR count). The van der Waals surface area contributed by atoms with E-state index in [9.17, 15) is 4.79 Å². The monoisotopic (exact) mass is 204 g/mol. The van der Waals surface area contributed by atoms with E-state index in [4.69, 9.17) is 0 Å². The zero-order chi connectivity index (χ0) is 10.6. The van der Waals surface area contributed by atoms with E-state index in [0.717, 1.165) is 17.9 Å². The lowest BCUT2D eigenvalue weighted by atomic mass is 10.1. The molecule has 1 unspecified atom stereocenters. The maximum absolute atomic E-state index is 11.5. The number of aromatic amines is 1. The molecule has 0 aliphatic heterocycles. The van der Waals surface area contributed by atoms with Crippen LogP contribution in [0.1, 0.15) is 56.5 Å². The van der Waals surface area contributed by atoms with Crippen molar-refractivity contribution in [1.29, 1.82) is 0 Å². The summed E-state index contributed by atoms with van der Waals surface area (Å²) >= 11 is 0. The third-order valence-electron chi connectivity index (χ3n) is 3.62. The molecule has 0 saturated heterocycles. The van der Waals surface area contributed by atoms with Crippen LogP contribution in [0.15, 0.2) is 10.9 Å². The van der Waals surface area contributed by atoms with E-state index >= 15 is 0 Å². The second kappa shape index (κ2) is 2.71. The first-order valence-electron chi connectivity index (χ1n) is 5.67. The first kappa shape index (κ1) is 9.13. The van der Waals surface area contributed by atoms with E-state index < -0.39 is 0 Å². The molecule has 0 radical (unpaired) electrons. The molecule has 2 fully saturated rings. The highest BCUT2D eigenvalue weighted by molar-refractivity contribution is 5.20. The second-order valence-electron chi connectivity index (χ2n) is 5.58. The molecule has 2 aliphatic rings. The molecule has 2 aliphatic carbocycles. The lowest BCUT2D eigenvalue weighted by Crippen LogP contribution is -2.12. The Bertz CT molecular complexity index is 457. The summed E-state index contributed by atoms with van der Waals surface area (Å²) < 4.78 is 0. The average molecular weight is 204 g/mol. The number of hydrogen-bond donors (Lipinski definition) is 1. The Kier molecular flexibility index (Phi) is 1.65. The summed E-state index contributed by atoms with van der Waals surface area (Å²) in [6.07, 6.45) is 3.54. The number of aromatic nitrogens is 2. The van der Waals surface area contributed by atoms with Crippen LogP contribution in [0.4, 0.5) is 0 Å². The molecular formula is C12H16N2O. The molecule has 0 amide bonds. The SMILES string of the molecule is CC1(C)CC1c1nc(C2CC2)cc(=O)[nH]1. The van der Waals surface area contributed by atoms with Crippen LogP contribution in [0.5, 0.6) is 0 Å². The van der Waals surface area contributed by atoms with Crippen LogP contribution in [0.25, 0.3) is 0 Å². The summed E-state index contributed by atoms with van der Waals surface area (Å²) in [5, 5.41) is 0.